The first-order valence-corrected chi connectivity index (χ1v) is 9.87. The molecular weight excluding hydrogens is 382 g/mol. The van der Waals surface area contributed by atoms with Crippen molar-refractivity contribution in [3.8, 4) is 22.8 Å². The third-order valence-corrected chi connectivity index (χ3v) is 5.23. The van der Waals surface area contributed by atoms with Crippen molar-refractivity contribution in [3.63, 3.8) is 0 Å². The molecule has 8 nitrogen and oxygen atoms in total. The zero-order valence-electron chi connectivity index (χ0n) is 16.1. The fourth-order valence-corrected chi connectivity index (χ4v) is 3.83. The highest BCUT2D eigenvalue weighted by Crippen LogP contribution is 2.33. The smallest absolute Gasteiger partial charge is 0.410 e. The Bertz CT molecular complexity index is 854. The number of aromatic nitrogens is 1. The summed E-state index contributed by atoms with van der Waals surface area (Å²) < 4.78 is 15.6. The van der Waals surface area contributed by atoms with E-state index >= 15 is 0 Å². The Kier molecular flexibility index (Phi) is 6.35. The maximum atomic E-state index is 12.6. The summed E-state index contributed by atoms with van der Waals surface area (Å²) in [5.74, 6) is 0.990. The molecule has 1 aromatic heterocycles. The molecule has 1 saturated heterocycles. The molecule has 9 heteroatoms. The molecule has 1 aliphatic rings. The van der Waals surface area contributed by atoms with E-state index in [1.165, 1.54) is 16.2 Å². The van der Waals surface area contributed by atoms with Crippen LogP contribution in [-0.4, -0.2) is 55.3 Å². The third-order valence-electron chi connectivity index (χ3n) is 4.47. The maximum absolute atomic E-state index is 12.6. The van der Waals surface area contributed by atoms with Crippen molar-refractivity contribution < 1.29 is 23.8 Å². The molecule has 3 rings (SSSR count). The van der Waals surface area contributed by atoms with Crippen molar-refractivity contribution in [2.75, 3.05) is 32.7 Å². The molecule has 150 valence electrons. The van der Waals surface area contributed by atoms with Crippen LogP contribution in [-0.2, 0) is 9.53 Å². The molecule has 1 atom stereocenters. The Morgan fingerprint density at radius 2 is 2.07 bits per heavy atom. The molecule has 1 aliphatic heterocycles. The number of nitrogens with one attached hydrogen (secondary N) is 1. The van der Waals surface area contributed by atoms with Crippen LogP contribution in [0.3, 0.4) is 0 Å². The summed E-state index contributed by atoms with van der Waals surface area (Å²) >= 11 is 1.32. The monoisotopic (exact) mass is 405 g/mol. The van der Waals surface area contributed by atoms with E-state index in [0.29, 0.717) is 29.6 Å². The van der Waals surface area contributed by atoms with Crippen LogP contribution in [0.2, 0.25) is 0 Å². The van der Waals surface area contributed by atoms with E-state index in [4.69, 9.17) is 14.2 Å². The summed E-state index contributed by atoms with van der Waals surface area (Å²) in [6, 6.07) is 4.98. The lowest BCUT2D eigenvalue weighted by Crippen LogP contribution is -2.43. The van der Waals surface area contributed by atoms with Gasteiger partial charge in [0, 0.05) is 17.5 Å². The van der Waals surface area contributed by atoms with Crippen LogP contribution in [0.15, 0.2) is 23.6 Å². The lowest BCUT2D eigenvalue weighted by molar-refractivity contribution is -0.120. The van der Waals surface area contributed by atoms with Crippen molar-refractivity contribution in [2.45, 2.75) is 25.8 Å². The van der Waals surface area contributed by atoms with Gasteiger partial charge in [0.1, 0.15) is 6.04 Å². The third kappa shape index (κ3) is 4.19. The molecule has 2 heterocycles. The summed E-state index contributed by atoms with van der Waals surface area (Å²) in [4.78, 5) is 30.6. The van der Waals surface area contributed by atoms with Crippen LogP contribution in [0.1, 0.15) is 19.8 Å². The minimum atomic E-state index is -0.535. The molecule has 0 aliphatic carbocycles. The normalized spacial score (nSPS) is 16.0. The lowest BCUT2D eigenvalue weighted by atomic mass is 10.1. The summed E-state index contributed by atoms with van der Waals surface area (Å²) in [7, 11) is 3.15. The number of hydrogen-bond acceptors (Lipinski definition) is 7. The average molecular weight is 405 g/mol. The number of rotatable bonds is 6. The van der Waals surface area contributed by atoms with E-state index in [9.17, 15) is 9.59 Å². The highest BCUT2D eigenvalue weighted by atomic mass is 32.1. The Labute approximate surface area is 167 Å². The number of amides is 2. The molecule has 1 N–H and O–H groups in total. The van der Waals surface area contributed by atoms with Gasteiger partial charge in [0.25, 0.3) is 0 Å². The second kappa shape index (κ2) is 8.92. The second-order valence-corrected chi connectivity index (χ2v) is 7.01. The molecule has 0 radical (unpaired) electrons. The summed E-state index contributed by atoms with van der Waals surface area (Å²) in [5.41, 5.74) is 1.57. The van der Waals surface area contributed by atoms with E-state index in [1.54, 1.807) is 21.1 Å². The minimum absolute atomic E-state index is 0.251. The van der Waals surface area contributed by atoms with Crippen LogP contribution >= 0.6 is 11.3 Å². The molecule has 2 amide bonds. The number of ether oxygens (including phenoxy) is 3. The van der Waals surface area contributed by atoms with Crippen molar-refractivity contribution in [2.24, 2.45) is 0 Å². The number of carbonyl (C=O) groups excluding carboxylic acids is 2. The number of methoxy groups -OCH3 is 2. The molecule has 0 saturated carbocycles. The largest absolute Gasteiger partial charge is 0.493 e. The van der Waals surface area contributed by atoms with Gasteiger partial charge in [-0.2, -0.15) is 0 Å². The molecule has 1 fully saturated rings. The molecular formula is C19H23N3O5S. The first-order valence-electron chi connectivity index (χ1n) is 8.99. The van der Waals surface area contributed by atoms with Crippen LogP contribution < -0.4 is 14.8 Å². The Morgan fingerprint density at radius 3 is 2.79 bits per heavy atom. The van der Waals surface area contributed by atoms with Gasteiger partial charge in [0.05, 0.1) is 26.5 Å². The highest BCUT2D eigenvalue weighted by molar-refractivity contribution is 7.14. The zero-order valence-corrected chi connectivity index (χ0v) is 16.9. The van der Waals surface area contributed by atoms with Crippen molar-refractivity contribution >= 4 is 28.5 Å². The van der Waals surface area contributed by atoms with E-state index in [-0.39, 0.29) is 12.5 Å². The Balaban J connectivity index is 1.71. The van der Waals surface area contributed by atoms with Gasteiger partial charge >= 0.3 is 6.09 Å². The van der Waals surface area contributed by atoms with Crippen LogP contribution in [0.25, 0.3) is 11.3 Å². The van der Waals surface area contributed by atoms with Crippen molar-refractivity contribution in [1.82, 2.24) is 9.88 Å². The predicted octanol–water partition coefficient (Wildman–Crippen LogP) is 3.39. The first-order chi connectivity index (χ1) is 13.6. The first kappa shape index (κ1) is 19.9. The van der Waals surface area contributed by atoms with Crippen LogP contribution in [0, 0.1) is 0 Å². The van der Waals surface area contributed by atoms with Crippen molar-refractivity contribution in [3.05, 3.63) is 23.6 Å². The van der Waals surface area contributed by atoms with Gasteiger partial charge in [0.15, 0.2) is 16.6 Å². The summed E-state index contributed by atoms with van der Waals surface area (Å²) in [6.07, 6.45) is 0.926. The molecule has 1 aromatic carbocycles. The highest BCUT2D eigenvalue weighted by Gasteiger charge is 2.35. The minimum Gasteiger partial charge on any atom is -0.493 e. The predicted molar refractivity (Wildman–Crippen MR) is 106 cm³/mol. The van der Waals surface area contributed by atoms with Crippen LogP contribution in [0.4, 0.5) is 9.93 Å². The quantitative estimate of drug-likeness (QED) is 0.792. The van der Waals surface area contributed by atoms with Gasteiger partial charge in [-0.05, 0) is 38.0 Å². The van der Waals surface area contributed by atoms with Gasteiger partial charge in [-0.25, -0.2) is 9.78 Å². The number of carbonyl (C=O) groups is 2. The SMILES string of the molecule is CCOC(=O)N1CCC[C@H]1C(=O)Nc1nc(-c2ccc(OC)c(OC)c2)cs1. The van der Waals surface area contributed by atoms with Crippen molar-refractivity contribution in [1.29, 1.82) is 0 Å². The Morgan fingerprint density at radius 1 is 1.29 bits per heavy atom. The number of benzene rings is 1. The second-order valence-electron chi connectivity index (χ2n) is 6.15. The Hall–Kier alpha value is -2.81. The van der Waals surface area contributed by atoms with Gasteiger partial charge in [-0.1, -0.05) is 0 Å². The van der Waals surface area contributed by atoms with E-state index in [0.717, 1.165) is 17.7 Å². The average Bonchev–Trinajstić information content (AvgIpc) is 3.37. The lowest BCUT2D eigenvalue weighted by Gasteiger charge is -2.22. The maximum Gasteiger partial charge on any atom is 0.410 e. The summed E-state index contributed by atoms with van der Waals surface area (Å²) in [5, 5.41) is 5.15. The van der Waals surface area contributed by atoms with Gasteiger partial charge in [-0.3, -0.25) is 9.69 Å². The fraction of sp³-hybridized carbons (Fsp3) is 0.421. The van der Waals surface area contributed by atoms with Gasteiger partial charge in [0.2, 0.25) is 5.91 Å². The number of thiazole rings is 1. The number of likely N-dealkylation sites (tertiary alicyclic amines) is 1. The topological polar surface area (TPSA) is 90.0 Å². The molecule has 28 heavy (non-hydrogen) atoms. The van der Waals surface area contributed by atoms with Crippen LogP contribution in [0.5, 0.6) is 11.5 Å². The van der Waals surface area contributed by atoms with Gasteiger partial charge < -0.3 is 19.5 Å². The number of nitrogens with zero attached hydrogens (tertiary/aromatic N) is 2. The van der Waals surface area contributed by atoms with E-state index in [2.05, 4.69) is 10.3 Å². The van der Waals surface area contributed by atoms with Gasteiger partial charge in [-0.15, -0.1) is 11.3 Å². The van der Waals surface area contributed by atoms with E-state index < -0.39 is 12.1 Å². The van der Waals surface area contributed by atoms with E-state index in [1.807, 2.05) is 23.6 Å². The number of hydrogen-bond donors (Lipinski definition) is 1. The standard InChI is InChI=1S/C19H23N3O5S/c1-4-27-19(24)22-9-5-6-14(22)17(23)21-18-20-13(11-28-18)12-7-8-15(25-2)16(10-12)26-3/h7-8,10-11,14H,4-6,9H2,1-3H3,(H,20,21,23)/t14-/m0/s1. The molecule has 0 unspecified atom stereocenters. The molecule has 0 spiro atoms. The zero-order chi connectivity index (χ0) is 20.1. The summed E-state index contributed by atoms with van der Waals surface area (Å²) in [6.45, 7) is 2.55. The number of anilines is 1. The molecule has 0 bridgehead atoms. The molecule has 2 aromatic rings. The fourth-order valence-electron chi connectivity index (χ4n) is 3.11.